The van der Waals surface area contributed by atoms with Gasteiger partial charge in [-0.3, -0.25) is 0 Å². The number of alkyl halides is 3. The fraction of sp³-hybridized carbons (Fsp3) is 0.444. The normalized spacial score (nSPS) is 11.3. The van der Waals surface area contributed by atoms with E-state index in [4.69, 9.17) is 10.5 Å². The highest BCUT2D eigenvalue weighted by atomic mass is 19.4. The van der Waals surface area contributed by atoms with Crippen molar-refractivity contribution < 1.29 is 17.9 Å². The molecule has 0 aromatic carbocycles. The molecule has 1 heterocycles. The molecule has 7 heteroatoms. The van der Waals surface area contributed by atoms with Crippen LogP contribution < -0.4 is 15.4 Å². The van der Waals surface area contributed by atoms with E-state index < -0.39 is 12.7 Å². The topological polar surface area (TPSA) is 51.4 Å². The summed E-state index contributed by atoms with van der Waals surface area (Å²) < 4.78 is 41.3. The van der Waals surface area contributed by atoms with Gasteiger partial charge in [0.25, 0.3) is 0 Å². The van der Waals surface area contributed by atoms with Crippen LogP contribution in [0.5, 0.6) is 5.88 Å². The number of nitrogens with two attached hydrogens (primary N) is 1. The summed E-state index contributed by atoms with van der Waals surface area (Å²) in [6.45, 7) is -1.11. The number of nitrogens with zero attached hydrogens (tertiary/aromatic N) is 2. The summed E-state index contributed by atoms with van der Waals surface area (Å²) in [5, 5.41) is 0. The predicted molar refractivity (Wildman–Crippen MR) is 54.5 cm³/mol. The van der Waals surface area contributed by atoms with Crippen molar-refractivity contribution in [3.05, 3.63) is 12.1 Å². The van der Waals surface area contributed by atoms with E-state index in [1.54, 1.807) is 0 Å². The van der Waals surface area contributed by atoms with Gasteiger partial charge in [-0.15, -0.1) is 0 Å². The van der Waals surface area contributed by atoms with Crippen LogP contribution in [0.25, 0.3) is 0 Å². The molecular formula is C9H12F3N3O. The molecule has 0 spiro atoms. The quantitative estimate of drug-likeness (QED) is 0.865. The molecule has 0 atom stereocenters. The molecule has 2 N–H and O–H groups in total. The maximum absolute atomic E-state index is 12.2. The van der Waals surface area contributed by atoms with Crippen LogP contribution in [0.15, 0.2) is 12.1 Å². The van der Waals surface area contributed by atoms with Crippen LogP contribution in [0.2, 0.25) is 0 Å². The molecule has 1 aromatic rings. The average Bonchev–Trinajstić information content (AvgIpc) is 2.15. The molecule has 1 rings (SSSR count). The third-order valence-electron chi connectivity index (χ3n) is 1.87. The Morgan fingerprint density at radius 3 is 2.56 bits per heavy atom. The highest BCUT2D eigenvalue weighted by molar-refractivity contribution is 5.63. The summed E-state index contributed by atoms with van der Waals surface area (Å²) in [6.07, 6.45) is -4.30. The maximum Gasteiger partial charge on any atom is 0.405 e. The molecular weight excluding hydrogens is 223 g/mol. The molecule has 90 valence electrons. The van der Waals surface area contributed by atoms with Gasteiger partial charge in [-0.25, -0.2) is 0 Å². The first-order valence-electron chi connectivity index (χ1n) is 4.42. The van der Waals surface area contributed by atoms with Crippen molar-refractivity contribution >= 4 is 11.5 Å². The number of aromatic nitrogens is 1. The lowest BCUT2D eigenvalue weighted by Crippen LogP contribution is -2.32. The van der Waals surface area contributed by atoms with Gasteiger partial charge in [-0.2, -0.15) is 18.2 Å². The molecule has 0 radical (unpaired) electrons. The second-order valence-electron chi connectivity index (χ2n) is 3.24. The lowest BCUT2D eigenvalue weighted by atomic mass is 10.3. The molecule has 0 bridgehead atoms. The molecule has 16 heavy (non-hydrogen) atoms. The largest absolute Gasteiger partial charge is 0.481 e. The zero-order valence-corrected chi connectivity index (χ0v) is 8.88. The van der Waals surface area contributed by atoms with Crippen LogP contribution in [0.1, 0.15) is 0 Å². The summed E-state index contributed by atoms with van der Waals surface area (Å²) in [4.78, 5) is 4.78. The molecule has 0 saturated heterocycles. The highest BCUT2D eigenvalue weighted by Gasteiger charge is 2.30. The Kier molecular flexibility index (Phi) is 3.46. The van der Waals surface area contributed by atoms with E-state index >= 15 is 0 Å². The number of rotatable bonds is 3. The van der Waals surface area contributed by atoms with Gasteiger partial charge in [0.2, 0.25) is 5.88 Å². The third kappa shape index (κ3) is 3.18. The third-order valence-corrected chi connectivity index (χ3v) is 1.87. The number of ether oxygens (including phenoxy) is 1. The fourth-order valence-electron chi connectivity index (χ4n) is 1.21. The molecule has 0 amide bonds. The maximum atomic E-state index is 12.2. The predicted octanol–water partition coefficient (Wildman–Crippen LogP) is 1.67. The van der Waals surface area contributed by atoms with E-state index in [1.807, 2.05) is 0 Å². The first kappa shape index (κ1) is 12.4. The number of halogens is 3. The Bertz CT molecular complexity index is 368. The minimum atomic E-state index is -4.30. The van der Waals surface area contributed by atoms with Crippen molar-refractivity contribution in [2.24, 2.45) is 0 Å². The summed E-state index contributed by atoms with van der Waals surface area (Å²) in [5.74, 6) is 0.273. The Morgan fingerprint density at radius 2 is 2.06 bits per heavy atom. The van der Waals surface area contributed by atoms with Crippen molar-refractivity contribution in [2.75, 3.05) is 31.3 Å². The molecule has 0 aliphatic carbocycles. The van der Waals surface area contributed by atoms with Crippen LogP contribution in [-0.2, 0) is 0 Å². The molecule has 0 unspecified atom stereocenters. The fourth-order valence-corrected chi connectivity index (χ4v) is 1.21. The van der Waals surface area contributed by atoms with E-state index in [-0.39, 0.29) is 17.4 Å². The standard InChI is InChI=1S/C9H12F3N3O/c1-15(5-9(10,11)12)8-6(13)3-4-7(14-8)16-2/h3-4H,5,13H2,1-2H3. The second-order valence-corrected chi connectivity index (χ2v) is 3.24. The summed E-state index contributed by atoms with van der Waals surface area (Å²) in [5.41, 5.74) is 5.71. The van der Waals surface area contributed by atoms with Gasteiger partial charge in [0.15, 0.2) is 5.82 Å². The van der Waals surface area contributed by atoms with Crippen molar-refractivity contribution in [1.82, 2.24) is 4.98 Å². The van der Waals surface area contributed by atoms with Crippen molar-refractivity contribution in [2.45, 2.75) is 6.18 Å². The van der Waals surface area contributed by atoms with Gasteiger partial charge >= 0.3 is 6.18 Å². The van der Waals surface area contributed by atoms with Crippen LogP contribution in [0.4, 0.5) is 24.7 Å². The highest BCUT2D eigenvalue weighted by Crippen LogP contribution is 2.25. The Hall–Kier alpha value is -1.66. The lowest BCUT2D eigenvalue weighted by molar-refractivity contribution is -0.119. The van der Waals surface area contributed by atoms with E-state index in [1.165, 1.54) is 26.3 Å². The van der Waals surface area contributed by atoms with Gasteiger partial charge in [0.05, 0.1) is 12.8 Å². The molecule has 0 aliphatic rings. The molecule has 1 aromatic heterocycles. The molecule has 0 saturated carbocycles. The second kappa shape index (κ2) is 4.46. The lowest BCUT2D eigenvalue weighted by Gasteiger charge is -2.21. The number of pyridine rings is 1. The van der Waals surface area contributed by atoms with E-state index in [9.17, 15) is 13.2 Å². The number of methoxy groups -OCH3 is 1. The Labute approximate surface area is 90.8 Å². The number of hydrogen-bond donors (Lipinski definition) is 1. The zero-order chi connectivity index (χ0) is 12.3. The minimum Gasteiger partial charge on any atom is -0.481 e. The number of nitrogen functional groups attached to an aromatic ring is 1. The first-order valence-corrected chi connectivity index (χ1v) is 4.42. The summed E-state index contributed by atoms with van der Waals surface area (Å²) in [7, 11) is 2.65. The van der Waals surface area contributed by atoms with Gasteiger partial charge in [-0.1, -0.05) is 0 Å². The van der Waals surface area contributed by atoms with Crippen LogP contribution in [-0.4, -0.2) is 31.9 Å². The minimum absolute atomic E-state index is 0.0525. The van der Waals surface area contributed by atoms with Crippen LogP contribution in [0.3, 0.4) is 0 Å². The van der Waals surface area contributed by atoms with Crippen LogP contribution in [0, 0.1) is 0 Å². The van der Waals surface area contributed by atoms with Crippen molar-refractivity contribution in [3.63, 3.8) is 0 Å². The molecule has 4 nitrogen and oxygen atoms in total. The summed E-state index contributed by atoms with van der Waals surface area (Å²) in [6, 6.07) is 2.94. The van der Waals surface area contributed by atoms with Gasteiger partial charge in [-0.05, 0) is 6.07 Å². The van der Waals surface area contributed by atoms with Crippen molar-refractivity contribution in [3.8, 4) is 5.88 Å². The number of hydrogen-bond acceptors (Lipinski definition) is 4. The van der Waals surface area contributed by atoms with Crippen LogP contribution >= 0.6 is 0 Å². The first-order chi connectivity index (χ1) is 7.33. The monoisotopic (exact) mass is 235 g/mol. The summed E-state index contributed by atoms with van der Waals surface area (Å²) >= 11 is 0. The van der Waals surface area contributed by atoms with Gasteiger partial charge in [0, 0.05) is 13.1 Å². The Morgan fingerprint density at radius 1 is 1.44 bits per heavy atom. The molecule has 0 aliphatic heterocycles. The Balaban J connectivity index is 2.93. The van der Waals surface area contributed by atoms with Crippen molar-refractivity contribution in [1.29, 1.82) is 0 Å². The zero-order valence-electron chi connectivity index (χ0n) is 8.88. The smallest absolute Gasteiger partial charge is 0.405 e. The van der Waals surface area contributed by atoms with E-state index in [0.717, 1.165) is 4.90 Å². The van der Waals surface area contributed by atoms with E-state index in [0.29, 0.717) is 0 Å². The van der Waals surface area contributed by atoms with E-state index in [2.05, 4.69) is 4.98 Å². The average molecular weight is 235 g/mol. The van der Waals surface area contributed by atoms with Gasteiger partial charge < -0.3 is 15.4 Å². The number of anilines is 2. The molecule has 0 fully saturated rings. The SMILES string of the molecule is COc1ccc(N)c(N(C)CC(F)(F)F)n1. The van der Waals surface area contributed by atoms with Gasteiger partial charge in [0.1, 0.15) is 6.54 Å².